The van der Waals surface area contributed by atoms with Gasteiger partial charge in [-0.05, 0) is 42.7 Å². The summed E-state index contributed by atoms with van der Waals surface area (Å²) in [6.45, 7) is 4.40. The number of carbonyl (C=O) groups excluding carboxylic acids is 1. The maximum absolute atomic E-state index is 13.7. The monoisotopic (exact) mass is 377 g/mol. The Kier molecular flexibility index (Phi) is 4.35. The van der Waals surface area contributed by atoms with E-state index < -0.39 is 5.82 Å². The summed E-state index contributed by atoms with van der Waals surface area (Å²) in [4.78, 5) is 23.2. The van der Waals surface area contributed by atoms with Crippen molar-refractivity contribution in [2.24, 2.45) is 0 Å². The Morgan fingerprint density at radius 2 is 2.14 bits per heavy atom. The largest absolute Gasteiger partial charge is 0.339 e. The van der Waals surface area contributed by atoms with Crippen LogP contribution in [0.4, 0.5) is 4.39 Å². The van der Waals surface area contributed by atoms with Gasteiger partial charge in [0, 0.05) is 43.0 Å². The molecule has 0 unspecified atom stereocenters. The van der Waals surface area contributed by atoms with Crippen LogP contribution in [0.15, 0.2) is 28.9 Å². The Hall–Kier alpha value is -3.60. The Morgan fingerprint density at radius 1 is 1.32 bits per heavy atom. The van der Waals surface area contributed by atoms with Gasteiger partial charge >= 0.3 is 0 Å². The second-order valence-electron chi connectivity index (χ2n) is 6.68. The molecule has 0 atom stereocenters. The van der Waals surface area contributed by atoms with Crippen LogP contribution in [0, 0.1) is 31.0 Å². The fraction of sp³-hybridized carbons (Fsp3) is 0.250. The second-order valence-corrected chi connectivity index (χ2v) is 6.68. The molecule has 7 nitrogen and oxygen atoms in total. The maximum atomic E-state index is 13.7. The Balaban J connectivity index is 1.67. The third-order valence-electron chi connectivity index (χ3n) is 4.77. The molecule has 1 aromatic carbocycles. The molecule has 3 aromatic rings. The van der Waals surface area contributed by atoms with Gasteiger partial charge in [0.05, 0.1) is 11.6 Å². The highest BCUT2D eigenvalue weighted by atomic mass is 19.1. The number of hydrogen-bond donors (Lipinski definition) is 0. The fourth-order valence-electron chi connectivity index (χ4n) is 3.48. The SMILES string of the molecule is Cc1nc(-c2c(C)ncc3c2CCN(C(=O)c2cc(F)cc(C#N)c2)C3)no1. The summed E-state index contributed by atoms with van der Waals surface area (Å²) in [5, 5.41) is 13.0. The quantitative estimate of drug-likeness (QED) is 0.681. The van der Waals surface area contributed by atoms with Crippen LogP contribution in [-0.4, -0.2) is 32.5 Å². The van der Waals surface area contributed by atoms with Crippen LogP contribution in [0.5, 0.6) is 0 Å². The van der Waals surface area contributed by atoms with Crippen molar-refractivity contribution in [2.45, 2.75) is 26.8 Å². The molecule has 2 aromatic heterocycles. The summed E-state index contributed by atoms with van der Waals surface area (Å²) in [5.41, 5.74) is 3.83. The summed E-state index contributed by atoms with van der Waals surface area (Å²) in [6, 6.07) is 5.53. The lowest BCUT2D eigenvalue weighted by molar-refractivity contribution is 0.0734. The Labute approximate surface area is 160 Å². The molecule has 1 aliphatic rings. The van der Waals surface area contributed by atoms with Crippen LogP contribution in [0.25, 0.3) is 11.4 Å². The summed E-state index contributed by atoms with van der Waals surface area (Å²) < 4.78 is 18.8. The van der Waals surface area contributed by atoms with Gasteiger partial charge in [0.15, 0.2) is 0 Å². The highest BCUT2D eigenvalue weighted by molar-refractivity contribution is 5.94. The minimum Gasteiger partial charge on any atom is -0.339 e. The van der Waals surface area contributed by atoms with E-state index in [1.165, 1.54) is 6.07 Å². The van der Waals surface area contributed by atoms with Gasteiger partial charge in [-0.15, -0.1) is 0 Å². The molecule has 8 heteroatoms. The zero-order chi connectivity index (χ0) is 19.8. The lowest BCUT2D eigenvalue weighted by Crippen LogP contribution is -2.36. The highest BCUT2D eigenvalue weighted by Crippen LogP contribution is 2.31. The fourth-order valence-corrected chi connectivity index (χ4v) is 3.48. The van der Waals surface area contributed by atoms with Gasteiger partial charge in [-0.3, -0.25) is 9.78 Å². The van der Waals surface area contributed by atoms with Gasteiger partial charge in [0.2, 0.25) is 11.7 Å². The van der Waals surface area contributed by atoms with Crippen LogP contribution in [0.2, 0.25) is 0 Å². The Bertz CT molecular complexity index is 1130. The third kappa shape index (κ3) is 3.11. The number of aromatic nitrogens is 3. The number of hydrogen-bond acceptors (Lipinski definition) is 6. The first-order chi connectivity index (χ1) is 13.5. The smallest absolute Gasteiger partial charge is 0.254 e. The number of amides is 1. The highest BCUT2D eigenvalue weighted by Gasteiger charge is 2.27. The van der Waals surface area contributed by atoms with Crippen molar-refractivity contribution in [1.82, 2.24) is 20.0 Å². The normalized spacial score (nSPS) is 13.1. The standard InChI is InChI=1S/C20H16FN5O2/c1-11-18(19-24-12(2)28-25-19)17-3-4-26(10-15(17)9-23-11)20(27)14-5-13(8-22)6-16(21)7-14/h5-7,9H,3-4,10H2,1-2H3. The van der Waals surface area contributed by atoms with E-state index >= 15 is 0 Å². The van der Waals surface area contributed by atoms with Gasteiger partial charge in [0.1, 0.15) is 5.82 Å². The van der Waals surface area contributed by atoms with Gasteiger partial charge in [-0.1, -0.05) is 5.16 Å². The van der Waals surface area contributed by atoms with Crippen molar-refractivity contribution in [1.29, 1.82) is 5.26 Å². The summed E-state index contributed by atoms with van der Waals surface area (Å²) in [6.07, 6.45) is 2.33. The lowest BCUT2D eigenvalue weighted by atomic mass is 9.94. The molecule has 3 heterocycles. The third-order valence-corrected chi connectivity index (χ3v) is 4.77. The van der Waals surface area contributed by atoms with Crippen molar-refractivity contribution >= 4 is 5.91 Å². The number of rotatable bonds is 2. The second kappa shape index (κ2) is 6.85. The van der Waals surface area contributed by atoms with E-state index in [1.807, 2.05) is 13.0 Å². The molecule has 140 valence electrons. The van der Waals surface area contributed by atoms with Crippen LogP contribution in [-0.2, 0) is 13.0 Å². The van der Waals surface area contributed by atoms with Gasteiger partial charge in [-0.2, -0.15) is 10.2 Å². The molecular formula is C20H16FN5O2. The van der Waals surface area contributed by atoms with Crippen molar-refractivity contribution in [3.05, 3.63) is 64.1 Å². The van der Waals surface area contributed by atoms with E-state index in [9.17, 15) is 9.18 Å². The van der Waals surface area contributed by atoms with Gasteiger partial charge in [-0.25, -0.2) is 4.39 Å². The van der Waals surface area contributed by atoms with Crippen molar-refractivity contribution < 1.29 is 13.7 Å². The van der Waals surface area contributed by atoms with E-state index in [1.54, 1.807) is 18.0 Å². The van der Waals surface area contributed by atoms with E-state index in [-0.39, 0.29) is 17.0 Å². The summed E-state index contributed by atoms with van der Waals surface area (Å²) in [5.74, 6) is 0.0352. The number of nitriles is 1. The molecule has 0 spiro atoms. The molecule has 1 aliphatic heterocycles. The van der Waals surface area contributed by atoms with Crippen molar-refractivity contribution in [3.8, 4) is 17.5 Å². The van der Waals surface area contributed by atoms with Crippen molar-refractivity contribution in [2.75, 3.05) is 6.54 Å². The summed E-state index contributed by atoms with van der Waals surface area (Å²) >= 11 is 0. The van der Waals surface area contributed by atoms with E-state index in [4.69, 9.17) is 9.78 Å². The average Bonchev–Trinajstić information content (AvgIpc) is 3.12. The minimum atomic E-state index is -0.605. The molecule has 1 amide bonds. The van der Waals surface area contributed by atoms with Crippen LogP contribution >= 0.6 is 0 Å². The predicted molar refractivity (Wildman–Crippen MR) is 96.6 cm³/mol. The number of nitrogens with zero attached hydrogens (tertiary/aromatic N) is 5. The maximum Gasteiger partial charge on any atom is 0.254 e. The molecule has 0 saturated carbocycles. The topological polar surface area (TPSA) is 95.9 Å². The van der Waals surface area contributed by atoms with Crippen LogP contribution < -0.4 is 0 Å². The number of fused-ring (bicyclic) bond motifs is 1. The molecule has 0 radical (unpaired) electrons. The molecule has 28 heavy (non-hydrogen) atoms. The molecule has 0 N–H and O–H groups in total. The van der Waals surface area contributed by atoms with Crippen LogP contribution in [0.3, 0.4) is 0 Å². The zero-order valence-electron chi connectivity index (χ0n) is 15.4. The molecule has 4 rings (SSSR count). The number of carbonyl (C=O) groups is 1. The summed E-state index contributed by atoms with van der Waals surface area (Å²) in [7, 11) is 0. The first-order valence-corrected chi connectivity index (χ1v) is 8.74. The van der Waals surface area contributed by atoms with Gasteiger partial charge in [0.25, 0.3) is 5.91 Å². The molecular weight excluding hydrogens is 361 g/mol. The minimum absolute atomic E-state index is 0.118. The molecule has 0 fully saturated rings. The molecule has 0 bridgehead atoms. The number of pyridine rings is 1. The van der Waals surface area contributed by atoms with Crippen LogP contribution in [0.1, 0.15) is 38.6 Å². The van der Waals surface area contributed by atoms with Gasteiger partial charge < -0.3 is 9.42 Å². The van der Waals surface area contributed by atoms with E-state index in [0.29, 0.717) is 31.2 Å². The molecule has 0 aliphatic carbocycles. The van der Waals surface area contributed by atoms with E-state index in [0.717, 1.165) is 34.5 Å². The first kappa shape index (κ1) is 17.8. The average molecular weight is 377 g/mol. The van der Waals surface area contributed by atoms with Crippen molar-refractivity contribution in [3.63, 3.8) is 0 Å². The number of halogens is 1. The molecule has 0 saturated heterocycles. The first-order valence-electron chi connectivity index (χ1n) is 8.74. The number of benzene rings is 1. The lowest BCUT2D eigenvalue weighted by Gasteiger charge is -2.30. The zero-order valence-corrected chi connectivity index (χ0v) is 15.4. The van der Waals surface area contributed by atoms with E-state index in [2.05, 4.69) is 15.1 Å². The predicted octanol–water partition coefficient (Wildman–Crippen LogP) is 2.96. The Morgan fingerprint density at radius 3 is 2.86 bits per heavy atom. The number of aryl methyl sites for hydroxylation is 2.